The Morgan fingerprint density at radius 2 is 2.06 bits per heavy atom. The quantitative estimate of drug-likeness (QED) is 0.487. The number of carbonyl (C=O) groups is 3. The molecule has 1 aliphatic heterocycles. The lowest BCUT2D eigenvalue weighted by Gasteiger charge is -2.27. The van der Waals surface area contributed by atoms with E-state index in [1.165, 1.54) is 6.33 Å². The summed E-state index contributed by atoms with van der Waals surface area (Å²) in [6.45, 7) is 1.02. The minimum atomic E-state index is -0.843. The van der Waals surface area contributed by atoms with Gasteiger partial charge in [0, 0.05) is 36.2 Å². The highest BCUT2D eigenvalue weighted by molar-refractivity contribution is 7.18. The molecule has 1 saturated heterocycles. The second-order valence-corrected chi connectivity index (χ2v) is 8.76. The Morgan fingerprint density at radius 3 is 2.72 bits per heavy atom. The Morgan fingerprint density at radius 1 is 1.25 bits per heavy atom. The van der Waals surface area contributed by atoms with Crippen LogP contribution in [0.15, 0.2) is 48.9 Å². The Labute approximate surface area is 192 Å². The normalized spacial score (nSPS) is 14.8. The molecule has 3 amide bonds. The van der Waals surface area contributed by atoms with Gasteiger partial charge in [-0.2, -0.15) is 0 Å². The molecule has 1 atom stereocenters. The van der Waals surface area contributed by atoms with E-state index in [1.807, 2.05) is 0 Å². The van der Waals surface area contributed by atoms with Crippen LogP contribution in [0.25, 0.3) is 0 Å². The molecule has 11 heteroatoms. The summed E-state index contributed by atoms with van der Waals surface area (Å²) in [6, 6.07) is 9.34. The average molecular weight is 474 g/mol. The number of carbonyl (C=O) groups excluding carboxylic acids is 3. The van der Waals surface area contributed by atoms with Crippen molar-refractivity contribution in [2.75, 3.05) is 30.0 Å². The molecule has 9 nitrogen and oxygen atoms in total. The first-order valence-corrected chi connectivity index (χ1v) is 11.0. The molecule has 1 aliphatic rings. The third-order valence-corrected chi connectivity index (χ3v) is 6.06. The number of imidazole rings is 1. The molecule has 0 aliphatic carbocycles. The molecule has 0 radical (unpaired) electrons. The maximum absolute atomic E-state index is 13.0. The van der Waals surface area contributed by atoms with Gasteiger partial charge in [0.15, 0.2) is 0 Å². The van der Waals surface area contributed by atoms with Crippen LogP contribution in [-0.2, 0) is 20.7 Å². The van der Waals surface area contributed by atoms with Crippen molar-refractivity contribution in [3.63, 3.8) is 0 Å². The van der Waals surface area contributed by atoms with Gasteiger partial charge in [0.2, 0.25) is 5.91 Å². The molecule has 32 heavy (non-hydrogen) atoms. The second-order valence-electron chi connectivity index (χ2n) is 7.04. The SMILES string of the molecule is O=C(NC(Cc1cnc[nH]1)C(=O)Nc1ccc(N2CCOCC2=O)cc1)c1ccc(Cl)s1. The van der Waals surface area contributed by atoms with Gasteiger partial charge in [0.1, 0.15) is 12.6 Å². The van der Waals surface area contributed by atoms with Gasteiger partial charge in [-0.25, -0.2) is 4.98 Å². The molecule has 166 valence electrons. The molecule has 0 saturated carbocycles. The number of aromatic nitrogens is 2. The maximum atomic E-state index is 13.0. The number of ether oxygens (including phenoxy) is 1. The number of halogens is 1. The van der Waals surface area contributed by atoms with Crippen molar-refractivity contribution < 1.29 is 19.1 Å². The fourth-order valence-electron chi connectivity index (χ4n) is 3.24. The van der Waals surface area contributed by atoms with E-state index in [4.69, 9.17) is 16.3 Å². The van der Waals surface area contributed by atoms with Gasteiger partial charge < -0.3 is 25.3 Å². The molecule has 3 aromatic rings. The molecule has 4 rings (SSSR count). The Kier molecular flexibility index (Phi) is 6.84. The van der Waals surface area contributed by atoms with E-state index in [9.17, 15) is 14.4 Å². The minimum Gasteiger partial charge on any atom is -0.370 e. The third kappa shape index (κ3) is 5.34. The van der Waals surface area contributed by atoms with E-state index >= 15 is 0 Å². The summed E-state index contributed by atoms with van der Waals surface area (Å²) in [5.74, 6) is -0.877. The van der Waals surface area contributed by atoms with E-state index in [0.717, 1.165) is 17.0 Å². The Bertz CT molecular complexity index is 1100. The number of amides is 3. The summed E-state index contributed by atoms with van der Waals surface area (Å²) in [6.07, 6.45) is 3.34. The van der Waals surface area contributed by atoms with Gasteiger partial charge in [0.25, 0.3) is 11.8 Å². The molecule has 1 aromatic carbocycles. The van der Waals surface area contributed by atoms with E-state index in [2.05, 4.69) is 20.6 Å². The fourth-order valence-corrected chi connectivity index (χ4v) is 4.18. The number of thiophene rings is 1. The average Bonchev–Trinajstić information content (AvgIpc) is 3.46. The predicted octanol–water partition coefficient (Wildman–Crippen LogP) is 2.47. The van der Waals surface area contributed by atoms with E-state index < -0.39 is 6.04 Å². The summed E-state index contributed by atoms with van der Waals surface area (Å²) in [7, 11) is 0. The van der Waals surface area contributed by atoms with Crippen molar-refractivity contribution in [2.24, 2.45) is 0 Å². The van der Waals surface area contributed by atoms with E-state index in [1.54, 1.807) is 47.5 Å². The zero-order chi connectivity index (χ0) is 22.5. The van der Waals surface area contributed by atoms with Crippen LogP contribution in [0.4, 0.5) is 11.4 Å². The fraction of sp³-hybridized carbons (Fsp3) is 0.238. The maximum Gasteiger partial charge on any atom is 0.262 e. The highest BCUT2D eigenvalue weighted by Gasteiger charge is 2.24. The lowest BCUT2D eigenvalue weighted by molar-refractivity contribution is -0.125. The topological polar surface area (TPSA) is 116 Å². The number of morpholine rings is 1. The molecular weight excluding hydrogens is 454 g/mol. The highest BCUT2D eigenvalue weighted by Crippen LogP contribution is 2.22. The van der Waals surface area contributed by atoms with Crippen molar-refractivity contribution in [2.45, 2.75) is 12.5 Å². The van der Waals surface area contributed by atoms with Crippen molar-refractivity contribution >= 4 is 52.0 Å². The van der Waals surface area contributed by atoms with Crippen LogP contribution in [0.1, 0.15) is 15.4 Å². The third-order valence-electron chi connectivity index (χ3n) is 4.83. The number of anilines is 2. The Hall–Kier alpha value is -3.21. The lowest BCUT2D eigenvalue weighted by atomic mass is 10.1. The predicted molar refractivity (Wildman–Crippen MR) is 121 cm³/mol. The molecule has 0 spiro atoms. The van der Waals surface area contributed by atoms with Crippen molar-refractivity contribution in [1.29, 1.82) is 0 Å². The molecule has 3 N–H and O–H groups in total. The summed E-state index contributed by atoms with van der Waals surface area (Å²) in [5, 5.41) is 5.58. The highest BCUT2D eigenvalue weighted by atomic mass is 35.5. The molecule has 0 bridgehead atoms. The number of hydrogen-bond acceptors (Lipinski definition) is 6. The van der Waals surface area contributed by atoms with Gasteiger partial charge >= 0.3 is 0 Å². The van der Waals surface area contributed by atoms with Gasteiger partial charge in [-0.1, -0.05) is 11.6 Å². The Balaban J connectivity index is 1.45. The summed E-state index contributed by atoms with van der Waals surface area (Å²) < 4.78 is 5.64. The number of H-pyrrole nitrogens is 1. The number of hydrogen-bond donors (Lipinski definition) is 3. The zero-order valence-electron chi connectivity index (χ0n) is 16.8. The smallest absolute Gasteiger partial charge is 0.262 e. The van der Waals surface area contributed by atoms with Crippen LogP contribution < -0.4 is 15.5 Å². The van der Waals surface area contributed by atoms with Gasteiger partial charge in [-0.15, -0.1) is 11.3 Å². The molecule has 2 aromatic heterocycles. The first-order valence-electron chi connectivity index (χ1n) is 9.82. The number of benzene rings is 1. The monoisotopic (exact) mass is 473 g/mol. The second kappa shape index (κ2) is 9.94. The molecular formula is C21H20ClN5O4S. The van der Waals surface area contributed by atoms with E-state index in [0.29, 0.717) is 33.7 Å². The number of aromatic amines is 1. The molecule has 1 unspecified atom stereocenters. The standard InChI is InChI=1S/C21H20ClN5O4S/c22-18-6-5-17(32-18)21(30)26-16(9-14-10-23-12-24-14)20(29)25-13-1-3-15(4-2-13)27-7-8-31-11-19(27)28/h1-6,10,12,16H,7-9,11H2,(H,23,24)(H,25,29)(H,26,30). The van der Waals surface area contributed by atoms with Gasteiger partial charge in [0.05, 0.1) is 22.1 Å². The van der Waals surface area contributed by atoms with Crippen LogP contribution in [0.5, 0.6) is 0 Å². The summed E-state index contributed by atoms with van der Waals surface area (Å²) >= 11 is 7.06. The van der Waals surface area contributed by atoms with Crippen LogP contribution in [0, 0.1) is 0 Å². The lowest BCUT2D eigenvalue weighted by Crippen LogP contribution is -2.45. The van der Waals surface area contributed by atoms with Crippen LogP contribution in [0.2, 0.25) is 4.34 Å². The zero-order valence-corrected chi connectivity index (χ0v) is 18.4. The molecule has 1 fully saturated rings. The first kappa shape index (κ1) is 22.0. The number of rotatable bonds is 7. The van der Waals surface area contributed by atoms with Gasteiger partial charge in [-0.3, -0.25) is 14.4 Å². The van der Waals surface area contributed by atoms with Crippen LogP contribution in [-0.4, -0.2) is 53.5 Å². The number of nitrogens with one attached hydrogen (secondary N) is 3. The van der Waals surface area contributed by atoms with Crippen LogP contribution >= 0.6 is 22.9 Å². The summed E-state index contributed by atoms with van der Waals surface area (Å²) in [5.41, 5.74) is 1.98. The van der Waals surface area contributed by atoms with Crippen molar-refractivity contribution in [1.82, 2.24) is 15.3 Å². The first-order chi connectivity index (χ1) is 15.5. The van der Waals surface area contributed by atoms with Gasteiger partial charge in [-0.05, 0) is 36.4 Å². The summed E-state index contributed by atoms with van der Waals surface area (Å²) in [4.78, 5) is 46.5. The van der Waals surface area contributed by atoms with Crippen LogP contribution in [0.3, 0.4) is 0 Å². The largest absolute Gasteiger partial charge is 0.370 e. The van der Waals surface area contributed by atoms with Crippen molar-refractivity contribution in [3.8, 4) is 0 Å². The minimum absolute atomic E-state index is 0.0585. The van der Waals surface area contributed by atoms with Crippen molar-refractivity contribution in [3.05, 3.63) is 63.8 Å². The number of nitrogens with zero attached hydrogens (tertiary/aromatic N) is 2. The van der Waals surface area contributed by atoms with E-state index in [-0.39, 0.29) is 30.7 Å². The molecule has 3 heterocycles.